The number of rotatable bonds is 5. The highest BCUT2D eigenvalue weighted by Gasteiger charge is 2.29. The Morgan fingerprint density at radius 3 is 2.95 bits per heavy atom. The van der Waals surface area contributed by atoms with E-state index in [1.54, 1.807) is 0 Å². The van der Waals surface area contributed by atoms with Gasteiger partial charge in [0.15, 0.2) is 5.96 Å². The van der Waals surface area contributed by atoms with E-state index in [9.17, 15) is 4.79 Å². The minimum atomic E-state index is -0.0897. The van der Waals surface area contributed by atoms with Crippen molar-refractivity contribution in [1.29, 1.82) is 0 Å². The average Bonchev–Trinajstić information content (AvgIpc) is 2.73. The van der Waals surface area contributed by atoms with Crippen molar-refractivity contribution in [3.05, 3.63) is 29.8 Å². The lowest BCUT2D eigenvalue weighted by atomic mass is 9.86. The van der Waals surface area contributed by atoms with E-state index in [2.05, 4.69) is 15.6 Å². The van der Waals surface area contributed by atoms with Gasteiger partial charge in [0.2, 0.25) is 5.91 Å². The van der Waals surface area contributed by atoms with Crippen molar-refractivity contribution >= 4 is 17.6 Å². The Kier molecular flexibility index (Phi) is 4.08. The van der Waals surface area contributed by atoms with Gasteiger partial charge in [-0.1, -0.05) is 24.6 Å². The van der Waals surface area contributed by atoms with Crippen LogP contribution in [-0.2, 0) is 4.79 Å². The van der Waals surface area contributed by atoms with Gasteiger partial charge in [0.1, 0.15) is 0 Å². The summed E-state index contributed by atoms with van der Waals surface area (Å²) in [6, 6.07) is 7.85. The van der Waals surface area contributed by atoms with E-state index in [-0.39, 0.29) is 11.8 Å². The van der Waals surface area contributed by atoms with Crippen LogP contribution in [0.5, 0.6) is 0 Å². The summed E-state index contributed by atoms with van der Waals surface area (Å²) in [5.74, 6) is 1.20. The standard InChI is InChI=1S/C16H22N4O/c17-16(19-10-11-4-3-5-11)18-9-8-13-12-6-1-2-7-14(12)20-15(13)21/h1-2,6-7,11,13H,3-5,8-10H2,(H,20,21)(H3,17,18,19). The number of nitrogens with two attached hydrogens (primary N) is 1. The van der Waals surface area contributed by atoms with Gasteiger partial charge in [-0.25, -0.2) is 0 Å². The summed E-state index contributed by atoms with van der Waals surface area (Å²) < 4.78 is 0. The molecule has 1 atom stereocenters. The van der Waals surface area contributed by atoms with Crippen LogP contribution in [0.4, 0.5) is 5.69 Å². The molecular weight excluding hydrogens is 264 g/mol. The average molecular weight is 286 g/mol. The summed E-state index contributed by atoms with van der Waals surface area (Å²) in [4.78, 5) is 16.3. The SMILES string of the molecule is NC(=NCC1CCC1)NCCC1C(=O)Nc2ccccc21. The lowest BCUT2D eigenvalue weighted by Crippen LogP contribution is -2.34. The third-order valence-electron chi connectivity index (χ3n) is 4.39. The predicted molar refractivity (Wildman–Crippen MR) is 84.3 cm³/mol. The Morgan fingerprint density at radius 2 is 2.19 bits per heavy atom. The summed E-state index contributed by atoms with van der Waals surface area (Å²) in [7, 11) is 0. The van der Waals surface area contributed by atoms with Crippen LogP contribution in [0.3, 0.4) is 0 Å². The van der Waals surface area contributed by atoms with Crippen molar-refractivity contribution in [3.8, 4) is 0 Å². The molecule has 2 aliphatic rings. The first-order chi connectivity index (χ1) is 10.2. The maximum atomic E-state index is 12.0. The Hall–Kier alpha value is -2.04. The second-order valence-corrected chi connectivity index (χ2v) is 5.87. The molecule has 1 aliphatic heterocycles. The van der Waals surface area contributed by atoms with Crippen molar-refractivity contribution in [3.63, 3.8) is 0 Å². The maximum absolute atomic E-state index is 12.0. The number of carbonyl (C=O) groups excluding carboxylic acids is 1. The lowest BCUT2D eigenvalue weighted by Gasteiger charge is -2.23. The zero-order valence-electron chi connectivity index (χ0n) is 12.1. The molecule has 5 heteroatoms. The number of aliphatic imine (C=N–C) groups is 1. The van der Waals surface area contributed by atoms with Crippen LogP contribution in [0, 0.1) is 5.92 Å². The predicted octanol–water partition coefficient (Wildman–Crippen LogP) is 1.82. The zero-order chi connectivity index (χ0) is 14.7. The normalized spacial score (nSPS) is 21.6. The Labute approximate surface area is 125 Å². The van der Waals surface area contributed by atoms with Crippen LogP contribution in [-0.4, -0.2) is 25.0 Å². The fourth-order valence-electron chi connectivity index (χ4n) is 2.87. The number of anilines is 1. The third kappa shape index (κ3) is 3.17. The number of fused-ring (bicyclic) bond motifs is 1. The molecule has 1 heterocycles. The monoisotopic (exact) mass is 286 g/mol. The van der Waals surface area contributed by atoms with Crippen molar-refractivity contribution in [2.45, 2.75) is 31.6 Å². The highest BCUT2D eigenvalue weighted by molar-refractivity contribution is 6.02. The van der Waals surface area contributed by atoms with Crippen molar-refractivity contribution in [2.24, 2.45) is 16.6 Å². The molecule has 4 N–H and O–H groups in total. The number of nitrogens with one attached hydrogen (secondary N) is 2. The number of benzene rings is 1. The molecule has 1 aromatic carbocycles. The fraction of sp³-hybridized carbons (Fsp3) is 0.500. The molecule has 1 amide bonds. The molecule has 5 nitrogen and oxygen atoms in total. The van der Waals surface area contributed by atoms with E-state index < -0.39 is 0 Å². The zero-order valence-corrected chi connectivity index (χ0v) is 12.1. The third-order valence-corrected chi connectivity index (χ3v) is 4.39. The molecular formula is C16H22N4O. The van der Waals surface area contributed by atoms with Gasteiger partial charge in [0, 0.05) is 18.8 Å². The number of hydrogen-bond donors (Lipinski definition) is 3. The minimum Gasteiger partial charge on any atom is -0.370 e. The van der Waals surface area contributed by atoms with Gasteiger partial charge in [-0.2, -0.15) is 0 Å². The van der Waals surface area contributed by atoms with Gasteiger partial charge in [-0.15, -0.1) is 0 Å². The second-order valence-electron chi connectivity index (χ2n) is 5.87. The van der Waals surface area contributed by atoms with Crippen LogP contribution in [0.15, 0.2) is 29.3 Å². The minimum absolute atomic E-state index is 0.0722. The first kappa shape index (κ1) is 13.9. The lowest BCUT2D eigenvalue weighted by molar-refractivity contribution is -0.117. The van der Waals surface area contributed by atoms with E-state index in [4.69, 9.17) is 5.73 Å². The molecule has 1 aromatic rings. The second kappa shape index (κ2) is 6.16. The summed E-state index contributed by atoms with van der Waals surface area (Å²) >= 11 is 0. The highest BCUT2D eigenvalue weighted by Crippen LogP contribution is 2.33. The number of carbonyl (C=O) groups is 1. The fourth-order valence-corrected chi connectivity index (χ4v) is 2.87. The molecule has 0 aromatic heterocycles. The largest absolute Gasteiger partial charge is 0.370 e. The van der Waals surface area contributed by atoms with Crippen LogP contribution >= 0.6 is 0 Å². The van der Waals surface area contributed by atoms with Gasteiger partial charge < -0.3 is 16.4 Å². The van der Waals surface area contributed by atoms with Crippen molar-refractivity contribution in [1.82, 2.24) is 5.32 Å². The van der Waals surface area contributed by atoms with E-state index in [1.807, 2.05) is 24.3 Å². The summed E-state index contributed by atoms with van der Waals surface area (Å²) in [5, 5.41) is 6.02. The highest BCUT2D eigenvalue weighted by atomic mass is 16.2. The van der Waals surface area contributed by atoms with Gasteiger partial charge in [0.05, 0.1) is 5.92 Å². The van der Waals surface area contributed by atoms with E-state index in [1.165, 1.54) is 19.3 Å². The molecule has 0 saturated heterocycles. The van der Waals surface area contributed by atoms with E-state index >= 15 is 0 Å². The first-order valence-electron chi connectivity index (χ1n) is 7.67. The molecule has 1 fully saturated rings. The van der Waals surface area contributed by atoms with Gasteiger partial charge in [-0.05, 0) is 36.8 Å². The van der Waals surface area contributed by atoms with Crippen LogP contribution < -0.4 is 16.4 Å². The van der Waals surface area contributed by atoms with Crippen molar-refractivity contribution < 1.29 is 4.79 Å². The summed E-state index contributed by atoms with van der Waals surface area (Å²) in [5.41, 5.74) is 7.86. The molecule has 1 aliphatic carbocycles. The number of para-hydroxylation sites is 1. The molecule has 1 saturated carbocycles. The number of hydrogen-bond acceptors (Lipinski definition) is 2. The van der Waals surface area contributed by atoms with Crippen molar-refractivity contribution in [2.75, 3.05) is 18.4 Å². The Morgan fingerprint density at radius 1 is 1.38 bits per heavy atom. The molecule has 3 rings (SSSR count). The van der Waals surface area contributed by atoms with E-state index in [0.29, 0.717) is 12.5 Å². The molecule has 1 unspecified atom stereocenters. The van der Waals surface area contributed by atoms with E-state index in [0.717, 1.165) is 30.1 Å². The maximum Gasteiger partial charge on any atom is 0.232 e. The molecule has 0 bridgehead atoms. The van der Waals surface area contributed by atoms with Crippen LogP contribution in [0.2, 0.25) is 0 Å². The summed E-state index contributed by atoms with van der Waals surface area (Å²) in [6.45, 7) is 1.48. The first-order valence-corrected chi connectivity index (χ1v) is 7.67. The van der Waals surface area contributed by atoms with Crippen LogP contribution in [0.25, 0.3) is 0 Å². The van der Waals surface area contributed by atoms with Gasteiger partial charge >= 0.3 is 0 Å². The number of nitrogens with zero attached hydrogens (tertiary/aromatic N) is 1. The van der Waals surface area contributed by atoms with Gasteiger partial charge in [-0.3, -0.25) is 9.79 Å². The molecule has 0 radical (unpaired) electrons. The molecule has 0 spiro atoms. The molecule has 21 heavy (non-hydrogen) atoms. The Bertz CT molecular complexity index is 551. The smallest absolute Gasteiger partial charge is 0.232 e. The van der Waals surface area contributed by atoms with Crippen LogP contribution in [0.1, 0.15) is 37.2 Å². The summed E-state index contributed by atoms with van der Waals surface area (Å²) in [6.07, 6.45) is 4.60. The quantitative estimate of drug-likeness (QED) is 0.570. The van der Waals surface area contributed by atoms with Gasteiger partial charge in [0.25, 0.3) is 0 Å². The number of guanidine groups is 1. The Balaban J connectivity index is 1.48. The molecule has 112 valence electrons. The number of amides is 1. The topological polar surface area (TPSA) is 79.5 Å².